The summed E-state index contributed by atoms with van der Waals surface area (Å²) in [4.78, 5) is 30.6. The van der Waals surface area contributed by atoms with Gasteiger partial charge in [0, 0.05) is 32.7 Å². The molecule has 8 nitrogen and oxygen atoms in total. The van der Waals surface area contributed by atoms with Gasteiger partial charge in [-0.3, -0.25) is 18.6 Å². The molecule has 1 atom stereocenters. The van der Waals surface area contributed by atoms with Gasteiger partial charge >= 0.3 is 0 Å². The number of piperazine rings is 1. The zero-order valence-corrected chi connectivity index (χ0v) is 20.1. The topological polar surface area (TPSA) is 75.7 Å². The molecule has 2 aromatic heterocycles. The van der Waals surface area contributed by atoms with Crippen molar-refractivity contribution in [2.24, 2.45) is 5.92 Å². The predicted molar refractivity (Wildman–Crippen MR) is 128 cm³/mol. The smallest absolute Gasteiger partial charge is 0.262 e. The molecule has 32 heavy (non-hydrogen) atoms. The average molecular weight is 457 g/mol. The number of nitrogens with zero attached hydrogens (tertiary/aromatic N) is 6. The number of aryl methyl sites for hydroxylation is 1. The summed E-state index contributed by atoms with van der Waals surface area (Å²) in [7, 11) is 0. The van der Waals surface area contributed by atoms with E-state index in [1.807, 2.05) is 40.5 Å². The number of thioether (sulfide) groups is 1. The lowest BCUT2D eigenvalue weighted by Crippen LogP contribution is -2.50. The number of likely N-dealkylation sites (N-methyl/N-ethyl adjacent to an activating group) is 1. The lowest BCUT2D eigenvalue weighted by molar-refractivity contribution is -0.132. The summed E-state index contributed by atoms with van der Waals surface area (Å²) in [5.41, 5.74) is 0.729. The normalized spacial score (nSPS) is 16.3. The fourth-order valence-electron chi connectivity index (χ4n) is 4.15. The molecule has 1 aromatic carbocycles. The molecule has 0 spiro atoms. The third kappa shape index (κ3) is 4.41. The Hall–Kier alpha value is -2.39. The monoisotopic (exact) mass is 456 g/mol. The first-order valence-corrected chi connectivity index (χ1v) is 12.3. The highest BCUT2D eigenvalue weighted by Crippen LogP contribution is 2.26. The Morgan fingerprint density at radius 1 is 1.09 bits per heavy atom. The van der Waals surface area contributed by atoms with Crippen LogP contribution in [0, 0.1) is 5.92 Å². The molecular formula is C23H32N6O2S. The van der Waals surface area contributed by atoms with Crippen LogP contribution in [0.5, 0.6) is 0 Å². The van der Waals surface area contributed by atoms with Crippen LogP contribution in [0.25, 0.3) is 16.7 Å². The van der Waals surface area contributed by atoms with Gasteiger partial charge in [0.15, 0.2) is 5.16 Å². The Kier molecular flexibility index (Phi) is 6.85. The molecule has 0 aliphatic carbocycles. The molecule has 1 aliphatic heterocycles. The Bertz CT molecular complexity index is 1160. The van der Waals surface area contributed by atoms with Crippen LogP contribution in [0.3, 0.4) is 0 Å². The maximum Gasteiger partial charge on any atom is 0.262 e. The molecule has 0 radical (unpaired) electrons. The van der Waals surface area contributed by atoms with Gasteiger partial charge in [-0.25, -0.2) is 0 Å². The fraction of sp³-hybridized carbons (Fsp3) is 0.565. The third-order valence-corrected chi connectivity index (χ3v) is 7.20. The van der Waals surface area contributed by atoms with Crippen molar-refractivity contribution in [2.45, 2.75) is 51.1 Å². The highest BCUT2D eigenvalue weighted by atomic mass is 32.2. The van der Waals surface area contributed by atoms with Crippen LogP contribution < -0.4 is 5.56 Å². The summed E-state index contributed by atoms with van der Waals surface area (Å²) in [5.74, 6) is 1.13. The quantitative estimate of drug-likeness (QED) is 0.509. The molecule has 4 rings (SSSR count). The van der Waals surface area contributed by atoms with E-state index in [2.05, 4.69) is 35.9 Å². The minimum Gasteiger partial charge on any atom is -0.339 e. The minimum absolute atomic E-state index is 0.0457. The lowest BCUT2D eigenvalue weighted by Gasteiger charge is -2.35. The van der Waals surface area contributed by atoms with Crippen molar-refractivity contribution in [3.8, 4) is 0 Å². The summed E-state index contributed by atoms with van der Waals surface area (Å²) in [6, 6.07) is 7.55. The SMILES string of the molecule is CCN1CCN(C(=O)C(C)Sc2nnc3n(CCC(C)C)c(=O)c4ccccc4n23)CC1. The van der Waals surface area contributed by atoms with Gasteiger partial charge in [-0.1, -0.05) is 44.7 Å². The predicted octanol–water partition coefficient (Wildman–Crippen LogP) is 2.73. The van der Waals surface area contributed by atoms with Gasteiger partial charge < -0.3 is 9.80 Å². The minimum atomic E-state index is -0.287. The molecule has 0 bridgehead atoms. The van der Waals surface area contributed by atoms with Crippen molar-refractivity contribution in [3.05, 3.63) is 34.6 Å². The van der Waals surface area contributed by atoms with Gasteiger partial charge in [-0.2, -0.15) is 0 Å². The molecule has 1 saturated heterocycles. The number of hydrogen-bond acceptors (Lipinski definition) is 6. The van der Waals surface area contributed by atoms with Crippen LogP contribution in [-0.4, -0.2) is 72.8 Å². The van der Waals surface area contributed by atoms with Gasteiger partial charge in [0.2, 0.25) is 11.7 Å². The van der Waals surface area contributed by atoms with Crippen molar-refractivity contribution >= 4 is 34.3 Å². The first-order valence-electron chi connectivity index (χ1n) is 11.4. The summed E-state index contributed by atoms with van der Waals surface area (Å²) < 4.78 is 3.65. The lowest BCUT2D eigenvalue weighted by atomic mass is 10.1. The number of carbonyl (C=O) groups is 1. The van der Waals surface area contributed by atoms with Crippen LogP contribution in [0.1, 0.15) is 34.1 Å². The second-order valence-corrected chi connectivity index (χ2v) is 10.1. The summed E-state index contributed by atoms with van der Waals surface area (Å²) in [6.45, 7) is 13.3. The number of hydrogen-bond donors (Lipinski definition) is 0. The van der Waals surface area contributed by atoms with Crippen molar-refractivity contribution in [1.29, 1.82) is 0 Å². The second-order valence-electron chi connectivity index (χ2n) is 8.79. The van der Waals surface area contributed by atoms with Crippen LogP contribution in [0.2, 0.25) is 0 Å². The summed E-state index contributed by atoms with van der Waals surface area (Å²) in [6.07, 6.45) is 0.877. The van der Waals surface area contributed by atoms with Crippen LogP contribution in [0.15, 0.2) is 34.2 Å². The van der Waals surface area contributed by atoms with Gasteiger partial charge in [0.25, 0.3) is 5.56 Å². The second kappa shape index (κ2) is 9.62. The Morgan fingerprint density at radius 3 is 2.50 bits per heavy atom. The number of benzene rings is 1. The average Bonchev–Trinajstić information content (AvgIpc) is 3.21. The van der Waals surface area contributed by atoms with Crippen LogP contribution in [-0.2, 0) is 11.3 Å². The molecule has 172 valence electrons. The molecule has 1 unspecified atom stereocenters. The Labute approximate surface area is 192 Å². The first-order chi connectivity index (χ1) is 15.4. The summed E-state index contributed by atoms with van der Waals surface area (Å²) >= 11 is 1.41. The molecule has 0 N–H and O–H groups in total. The molecule has 0 saturated carbocycles. The van der Waals surface area contributed by atoms with Crippen molar-refractivity contribution in [2.75, 3.05) is 32.7 Å². The Balaban J connectivity index is 1.66. The first kappa shape index (κ1) is 22.8. The van der Waals surface area contributed by atoms with E-state index in [1.54, 1.807) is 4.57 Å². The highest BCUT2D eigenvalue weighted by Gasteiger charge is 2.27. The zero-order chi connectivity index (χ0) is 22.8. The number of rotatable bonds is 7. The molecule has 1 amide bonds. The maximum absolute atomic E-state index is 13.2. The fourth-order valence-corrected chi connectivity index (χ4v) is 5.09. The Morgan fingerprint density at radius 2 is 1.81 bits per heavy atom. The van der Waals surface area contributed by atoms with E-state index in [-0.39, 0.29) is 16.7 Å². The largest absolute Gasteiger partial charge is 0.339 e. The van der Waals surface area contributed by atoms with Gasteiger partial charge in [-0.05, 0) is 37.9 Å². The number of aromatic nitrogens is 4. The number of fused-ring (bicyclic) bond motifs is 3. The molecule has 3 aromatic rings. The number of carbonyl (C=O) groups excluding carboxylic acids is 1. The van der Waals surface area contributed by atoms with E-state index in [0.29, 0.717) is 28.8 Å². The standard InChI is InChI=1S/C23H32N6O2S/c1-5-26-12-14-27(15-13-26)20(30)17(4)32-23-25-24-22-28(11-10-16(2)3)21(31)18-8-6-7-9-19(18)29(22)23/h6-9,16-17H,5,10-15H2,1-4H3. The molecular weight excluding hydrogens is 424 g/mol. The molecule has 9 heteroatoms. The molecule has 1 fully saturated rings. The van der Waals surface area contributed by atoms with Crippen molar-refractivity contribution in [3.63, 3.8) is 0 Å². The van der Waals surface area contributed by atoms with Crippen molar-refractivity contribution < 1.29 is 4.79 Å². The van der Waals surface area contributed by atoms with E-state index in [9.17, 15) is 9.59 Å². The third-order valence-electron chi connectivity index (χ3n) is 6.17. The van der Waals surface area contributed by atoms with E-state index in [4.69, 9.17) is 0 Å². The van der Waals surface area contributed by atoms with Crippen LogP contribution >= 0.6 is 11.8 Å². The molecule has 1 aliphatic rings. The van der Waals surface area contributed by atoms with Gasteiger partial charge in [0.1, 0.15) is 0 Å². The van der Waals surface area contributed by atoms with Gasteiger partial charge in [0.05, 0.1) is 16.2 Å². The van der Waals surface area contributed by atoms with E-state index in [1.165, 1.54) is 11.8 Å². The maximum atomic E-state index is 13.2. The van der Waals surface area contributed by atoms with E-state index >= 15 is 0 Å². The van der Waals surface area contributed by atoms with E-state index in [0.717, 1.165) is 44.7 Å². The summed E-state index contributed by atoms with van der Waals surface area (Å²) in [5, 5.41) is 9.77. The zero-order valence-electron chi connectivity index (χ0n) is 19.3. The van der Waals surface area contributed by atoms with Crippen molar-refractivity contribution in [1.82, 2.24) is 29.0 Å². The highest BCUT2D eigenvalue weighted by molar-refractivity contribution is 8.00. The van der Waals surface area contributed by atoms with Gasteiger partial charge in [-0.15, -0.1) is 10.2 Å². The van der Waals surface area contributed by atoms with E-state index < -0.39 is 0 Å². The number of amides is 1. The molecule has 3 heterocycles. The van der Waals surface area contributed by atoms with Crippen LogP contribution in [0.4, 0.5) is 0 Å². The number of para-hydroxylation sites is 1.